The van der Waals surface area contributed by atoms with Gasteiger partial charge in [0.2, 0.25) is 10.0 Å². The van der Waals surface area contributed by atoms with Crippen LogP contribution in [-0.2, 0) is 10.0 Å². The number of para-hydroxylation sites is 1. The van der Waals surface area contributed by atoms with Gasteiger partial charge in [0.15, 0.2) is 0 Å². The molecule has 0 amide bonds. The summed E-state index contributed by atoms with van der Waals surface area (Å²) in [5.74, 6) is 0.950. The largest absolute Gasteiger partial charge is 0.368 e. The first-order chi connectivity index (χ1) is 15.5. The molecule has 0 radical (unpaired) electrons. The Bertz CT molecular complexity index is 1190. The second-order valence-corrected chi connectivity index (χ2v) is 10.7. The fourth-order valence-electron chi connectivity index (χ4n) is 4.83. The van der Waals surface area contributed by atoms with Crippen LogP contribution in [0, 0.1) is 0 Å². The van der Waals surface area contributed by atoms with Gasteiger partial charge in [-0.2, -0.15) is 4.31 Å². The van der Waals surface area contributed by atoms with Crippen LogP contribution in [0.1, 0.15) is 26.2 Å². The van der Waals surface area contributed by atoms with Gasteiger partial charge in [-0.05, 0) is 62.2 Å². The highest BCUT2D eigenvalue weighted by molar-refractivity contribution is 7.89. The number of benzene rings is 2. The summed E-state index contributed by atoms with van der Waals surface area (Å²) in [6, 6.07) is 19.9. The van der Waals surface area contributed by atoms with E-state index < -0.39 is 10.0 Å². The van der Waals surface area contributed by atoms with E-state index >= 15 is 0 Å². The summed E-state index contributed by atoms with van der Waals surface area (Å²) in [5.41, 5.74) is 2.09. The van der Waals surface area contributed by atoms with E-state index in [1.807, 2.05) is 31.2 Å². The van der Waals surface area contributed by atoms with E-state index in [0.717, 1.165) is 62.2 Å². The average molecular weight is 451 g/mol. The molecule has 168 valence electrons. The Morgan fingerprint density at radius 3 is 2.34 bits per heavy atom. The smallest absolute Gasteiger partial charge is 0.243 e. The molecule has 2 aliphatic heterocycles. The Morgan fingerprint density at radius 2 is 1.59 bits per heavy atom. The fourth-order valence-corrected chi connectivity index (χ4v) is 6.56. The normalized spacial score (nSPS) is 20.6. The molecule has 0 aliphatic carbocycles. The van der Waals surface area contributed by atoms with E-state index in [9.17, 15) is 8.42 Å². The molecular formula is C25H30N4O2S. The molecule has 0 unspecified atom stereocenters. The van der Waals surface area contributed by atoms with Gasteiger partial charge in [0.05, 0.1) is 10.4 Å². The van der Waals surface area contributed by atoms with Gasteiger partial charge in [-0.25, -0.2) is 13.4 Å². The summed E-state index contributed by atoms with van der Waals surface area (Å²) >= 11 is 0. The standard InChI is InChI=1S/C25H30N4O2S/c1-20-7-5-6-14-29(20)32(30,31)23-11-12-24-21(19-23)10-13-25(26-24)28-17-15-27(16-18-28)22-8-3-2-4-9-22/h2-4,8-13,19-20H,5-7,14-18H2,1H3/t20-/m0/s1. The van der Waals surface area contributed by atoms with Crippen molar-refractivity contribution in [2.75, 3.05) is 42.5 Å². The highest BCUT2D eigenvalue weighted by Crippen LogP contribution is 2.28. The van der Waals surface area contributed by atoms with Gasteiger partial charge in [0.25, 0.3) is 0 Å². The molecule has 2 fully saturated rings. The van der Waals surface area contributed by atoms with Gasteiger partial charge < -0.3 is 9.80 Å². The Hall–Kier alpha value is -2.64. The molecule has 3 aromatic rings. The average Bonchev–Trinajstić information content (AvgIpc) is 2.84. The molecule has 0 spiro atoms. The van der Waals surface area contributed by atoms with Crippen LogP contribution < -0.4 is 9.80 Å². The maximum absolute atomic E-state index is 13.2. The molecule has 6 nitrogen and oxygen atoms in total. The molecule has 5 rings (SSSR count). The van der Waals surface area contributed by atoms with E-state index in [1.54, 1.807) is 16.4 Å². The van der Waals surface area contributed by atoms with E-state index in [2.05, 4.69) is 34.1 Å². The number of aromatic nitrogens is 1. The van der Waals surface area contributed by atoms with Gasteiger partial charge in [-0.15, -0.1) is 0 Å². The number of anilines is 2. The Morgan fingerprint density at radius 1 is 0.844 bits per heavy atom. The van der Waals surface area contributed by atoms with Crippen molar-refractivity contribution >= 4 is 32.4 Å². The van der Waals surface area contributed by atoms with E-state index in [0.29, 0.717) is 11.4 Å². The molecule has 2 saturated heterocycles. The molecule has 2 aromatic carbocycles. The Balaban J connectivity index is 1.33. The molecule has 0 N–H and O–H groups in total. The topological polar surface area (TPSA) is 56.8 Å². The predicted molar refractivity (Wildman–Crippen MR) is 130 cm³/mol. The summed E-state index contributed by atoms with van der Waals surface area (Å²) in [5, 5.41) is 0.863. The lowest BCUT2D eigenvalue weighted by Gasteiger charge is -2.36. The first kappa shape index (κ1) is 21.2. The number of sulfonamides is 1. The number of fused-ring (bicyclic) bond motifs is 1. The van der Waals surface area contributed by atoms with Crippen LogP contribution in [0.4, 0.5) is 11.5 Å². The van der Waals surface area contributed by atoms with Gasteiger partial charge >= 0.3 is 0 Å². The zero-order valence-corrected chi connectivity index (χ0v) is 19.3. The third-order valence-corrected chi connectivity index (χ3v) is 8.73. The summed E-state index contributed by atoms with van der Waals surface area (Å²) in [4.78, 5) is 9.92. The van der Waals surface area contributed by atoms with Crippen LogP contribution in [0.5, 0.6) is 0 Å². The van der Waals surface area contributed by atoms with E-state index in [1.165, 1.54) is 5.69 Å². The molecule has 7 heteroatoms. The van der Waals surface area contributed by atoms with Crippen LogP contribution in [0.3, 0.4) is 0 Å². The summed E-state index contributed by atoms with van der Waals surface area (Å²) in [7, 11) is -3.48. The first-order valence-corrected chi connectivity index (χ1v) is 12.9. The molecule has 2 aliphatic rings. The number of piperazine rings is 1. The highest BCUT2D eigenvalue weighted by Gasteiger charge is 2.31. The van der Waals surface area contributed by atoms with Crippen LogP contribution >= 0.6 is 0 Å². The van der Waals surface area contributed by atoms with Crippen molar-refractivity contribution in [1.82, 2.24) is 9.29 Å². The zero-order chi connectivity index (χ0) is 22.1. The summed E-state index contributed by atoms with van der Waals surface area (Å²) in [6.45, 7) is 6.33. The molecule has 32 heavy (non-hydrogen) atoms. The maximum atomic E-state index is 13.2. The highest BCUT2D eigenvalue weighted by atomic mass is 32.2. The number of hydrogen-bond donors (Lipinski definition) is 0. The van der Waals surface area contributed by atoms with Crippen molar-refractivity contribution < 1.29 is 8.42 Å². The first-order valence-electron chi connectivity index (χ1n) is 11.5. The number of nitrogens with zero attached hydrogens (tertiary/aromatic N) is 4. The van der Waals surface area contributed by atoms with Crippen molar-refractivity contribution in [2.45, 2.75) is 37.1 Å². The Kier molecular flexibility index (Phi) is 5.78. The molecule has 0 saturated carbocycles. The van der Waals surface area contributed by atoms with Gasteiger partial charge in [0, 0.05) is 49.8 Å². The minimum Gasteiger partial charge on any atom is -0.368 e. The number of hydrogen-bond acceptors (Lipinski definition) is 5. The molecular weight excluding hydrogens is 420 g/mol. The number of piperidine rings is 1. The van der Waals surface area contributed by atoms with Crippen molar-refractivity contribution in [3.8, 4) is 0 Å². The van der Waals surface area contributed by atoms with E-state index in [-0.39, 0.29) is 6.04 Å². The minimum absolute atomic E-state index is 0.0551. The second-order valence-electron chi connectivity index (χ2n) is 8.79. The van der Waals surface area contributed by atoms with Gasteiger partial charge in [-0.3, -0.25) is 0 Å². The number of pyridine rings is 1. The SMILES string of the molecule is C[C@H]1CCCCN1S(=O)(=O)c1ccc2nc(N3CCN(c4ccccc4)CC3)ccc2c1. The zero-order valence-electron chi connectivity index (χ0n) is 18.5. The predicted octanol–water partition coefficient (Wildman–Crippen LogP) is 4.12. The fraction of sp³-hybridized carbons (Fsp3) is 0.400. The molecule has 3 heterocycles. The Labute approximate surface area is 190 Å². The van der Waals surface area contributed by atoms with Gasteiger partial charge in [0.1, 0.15) is 5.82 Å². The molecule has 0 bridgehead atoms. The third-order valence-electron chi connectivity index (χ3n) is 6.72. The van der Waals surface area contributed by atoms with Gasteiger partial charge in [-0.1, -0.05) is 24.6 Å². The number of rotatable bonds is 4. The van der Waals surface area contributed by atoms with Crippen LogP contribution in [0.15, 0.2) is 65.6 Å². The van der Waals surface area contributed by atoms with Crippen molar-refractivity contribution in [2.24, 2.45) is 0 Å². The lowest BCUT2D eigenvalue weighted by atomic mass is 10.1. The maximum Gasteiger partial charge on any atom is 0.243 e. The summed E-state index contributed by atoms with van der Waals surface area (Å²) in [6.07, 6.45) is 2.95. The minimum atomic E-state index is -3.48. The van der Waals surface area contributed by atoms with Crippen LogP contribution in [-0.4, -0.2) is 56.5 Å². The van der Waals surface area contributed by atoms with Crippen molar-refractivity contribution in [3.05, 3.63) is 60.7 Å². The summed E-state index contributed by atoms with van der Waals surface area (Å²) < 4.78 is 28.1. The van der Waals surface area contributed by atoms with Crippen LogP contribution in [0.2, 0.25) is 0 Å². The quantitative estimate of drug-likeness (QED) is 0.598. The van der Waals surface area contributed by atoms with E-state index in [4.69, 9.17) is 4.98 Å². The lowest BCUT2D eigenvalue weighted by Crippen LogP contribution is -2.46. The monoisotopic (exact) mass is 450 g/mol. The molecule has 1 aromatic heterocycles. The lowest BCUT2D eigenvalue weighted by molar-refractivity contribution is 0.268. The second kappa shape index (κ2) is 8.71. The van der Waals surface area contributed by atoms with Crippen molar-refractivity contribution in [3.63, 3.8) is 0 Å². The van der Waals surface area contributed by atoms with Crippen LogP contribution in [0.25, 0.3) is 10.9 Å². The van der Waals surface area contributed by atoms with Crippen molar-refractivity contribution in [1.29, 1.82) is 0 Å². The third kappa shape index (κ3) is 4.07. The molecule has 1 atom stereocenters.